The molecule has 6 N–H and O–H groups in total. The van der Waals surface area contributed by atoms with Crippen LogP contribution in [-0.4, -0.2) is 22.1 Å². The lowest BCUT2D eigenvalue weighted by Gasteiger charge is -2.09. The van der Waals surface area contributed by atoms with Crippen LogP contribution in [0.25, 0.3) is 0 Å². The van der Waals surface area contributed by atoms with Crippen LogP contribution in [0.2, 0.25) is 0 Å². The van der Waals surface area contributed by atoms with Gasteiger partial charge in [-0.1, -0.05) is 46.8 Å². The van der Waals surface area contributed by atoms with Gasteiger partial charge in [-0.25, -0.2) is 0 Å². The zero-order valence-electron chi connectivity index (χ0n) is 12.5. The Labute approximate surface area is 133 Å². The molecule has 0 spiro atoms. The predicted molar refractivity (Wildman–Crippen MR) is 89.2 cm³/mol. The Hall–Kier alpha value is -3.02. The van der Waals surface area contributed by atoms with E-state index in [9.17, 15) is 0 Å². The maximum absolute atomic E-state index is 8.75. The Morgan fingerprint density at radius 1 is 0.652 bits per heavy atom. The van der Waals surface area contributed by atoms with Crippen molar-refractivity contribution in [2.75, 3.05) is 0 Å². The summed E-state index contributed by atoms with van der Waals surface area (Å²) in [6.07, 6.45) is 14.2. The first kappa shape index (κ1) is 14.9. The summed E-state index contributed by atoms with van der Waals surface area (Å²) in [4.78, 5) is 0. The van der Waals surface area contributed by atoms with E-state index in [0.717, 1.165) is 17.6 Å². The van der Waals surface area contributed by atoms with Crippen molar-refractivity contribution < 1.29 is 10.4 Å². The van der Waals surface area contributed by atoms with Gasteiger partial charge >= 0.3 is 0 Å². The van der Waals surface area contributed by atoms with E-state index in [1.165, 1.54) is 22.3 Å². The Morgan fingerprint density at radius 2 is 1.00 bits per heavy atom. The summed E-state index contributed by atoms with van der Waals surface area (Å²) in [5.41, 5.74) is 17.7. The first-order valence-electron chi connectivity index (χ1n) is 7.28. The van der Waals surface area contributed by atoms with Crippen LogP contribution in [0.15, 0.2) is 80.2 Å². The molecule has 0 aliphatic heterocycles. The highest BCUT2D eigenvalue weighted by atomic mass is 16.4. The molecule has 6 heteroatoms. The molecule has 0 aromatic carbocycles. The molecule has 0 fully saturated rings. The molecule has 6 nitrogen and oxygen atoms in total. The van der Waals surface area contributed by atoms with Gasteiger partial charge in [0.2, 0.25) is 0 Å². The van der Waals surface area contributed by atoms with Crippen LogP contribution in [0.5, 0.6) is 0 Å². The lowest BCUT2D eigenvalue weighted by atomic mass is 9.96. The Morgan fingerprint density at radius 3 is 1.39 bits per heavy atom. The van der Waals surface area contributed by atoms with Crippen LogP contribution in [-0.2, 0) is 0 Å². The molecule has 3 aliphatic carbocycles. The van der Waals surface area contributed by atoms with Crippen molar-refractivity contribution in [3.05, 3.63) is 69.9 Å². The average molecular weight is 310 g/mol. The number of nitrogens with zero attached hydrogens (tertiary/aromatic N) is 2. The molecule has 0 saturated carbocycles. The first-order chi connectivity index (χ1) is 11.1. The maximum atomic E-state index is 8.75. The van der Waals surface area contributed by atoms with Crippen molar-refractivity contribution in [3.8, 4) is 0 Å². The summed E-state index contributed by atoms with van der Waals surface area (Å²) in [5, 5.41) is 23.6. The normalized spacial score (nSPS) is 21.6. The number of hydrogen-bond donors (Lipinski definition) is 4. The van der Waals surface area contributed by atoms with E-state index >= 15 is 0 Å². The highest BCUT2D eigenvalue weighted by molar-refractivity contribution is 5.98. The van der Waals surface area contributed by atoms with Gasteiger partial charge in [0.1, 0.15) is 0 Å². The third kappa shape index (κ3) is 2.83. The average Bonchev–Trinajstić information content (AvgIpc) is 3.31. The number of allylic oxidation sites excluding steroid dienone is 10. The fourth-order valence-electron chi connectivity index (χ4n) is 2.94. The van der Waals surface area contributed by atoms with Gasteiger partial charge in [-0.2, -0.15) is 0 Å². The minimum absolute atomic E-state index is 0.161. The monoisotopic (exact) mass is 310 g/mol. The number of hydrogen-bond acceptors (Lipinski definition) is 4. The van der Waals surface area contributed by atoms with Gasteiger partial charge in [0.05, 0.1) is 0 Å². The molecular weight excluding hydrogens is 292 g/mol. The second kappa shape index (κ2) is 6.00. The lowest BCUT2D eigenvalue weighted by molar-refractivity contribution is 0.318. The molecule has 0 atom stereocenters. The van der Waals surface area contributed by atoms with Crippen molar-refractivity contribution >= 4 is 11.7 Å². The number of nitrogens with two attached hydrogens (primary N) is 2. The number of rotatable bonds is 4. The topological polar surface area (TPSA) is 117 Å². The summed E-state index contributed by atoms with van der Waals surface area (Å²) in [6, 6.07) is 0. The fraction of sp³-hybridized carbons (Fsp3) is 0.176. The quantitative estimate of drug-likeness (QED) is 0.276. The summed E-state index contributed by atoms with van der Waals surface area (Å²) < 4.78 is 0. The highest BCUT2D eigenvalue weighted by Gasteiger charge is 2.22. The minimum atomic E-state index is 0.161. The molecular formula is C17H18N4O2. The molecule has 0 heterocycles. The largest absolute Gasteiger partial charge is 0.409 e. The van der Waals surface area contributed by atoms with Crippen molar-refractivity contribution in [2.24, 2.45) is 21.8 Å². The van der Waals surface area contributed by atoms with Gasteiger partial charge in [0.15, 0.2) is 11.7 Å². The molecule has 0 saturated heterocycles. The van der Waals surface area contributed by atoms with Crippen molar-refractivity contribution in [3.63, 3.8) is 0 Å². The first-order valence-corrected chi connectivity index (χ1v) is 7.28. The van der Waals surface area contributed by atoms with Crippen LogP contribution in [0.1, 0.15) is 19.3 Å². The zero-order valence-corrected chi connectivity index (χ0v) is 12.5. The number of amidine groups is 2. The molecule has 23 heavy (non-hydrogen) atoms. The van der Waals surface area contributed by atoms with Crippen LogP contribution in [0, 0.1) is 0 Å². The van der Waals surface area contributed by atoms with Gasteiger partial charge in [-0.15, -0.1) is 0 Å². The predicted octanol–water partition coefficient (Wildman–Crippen LogP) is 2.25. The second-order valence-electron chi connectivity index (χ2n) is 5.65. The van der Waals surface area contributed by atoms with Gasteiger partial charge in [0, 0.05) is 24.0 Å². The molecule has 3 aliphatic rings. The third-order valence-corrected chi connectivity index (χ3v) is 4.30. The minimum Gasteiger partial charge on any atom is -0.409 e. The van der Waals surface area contributed by atoms with Gasteiger partial charge in [-0.05, 0) is 28.7 Å². The summed E-state index contributed by atoms with van der Waals surface area (Å²) >= 11 is 0. The molecule has 0 amide bonds. The van der Waals surface area contributed by atoms with E-state index in [-0.39, 0.29) is 11.7 Å². The molecule has 118 valence electrons. The molecule has 0 radical (unpaired) electrons. The standard InChI is InChI=1S/C17H18N4O2/c18-16(20-22)14-5-3-12(8-14)10-1-2-11(7-10)13-4-6-15(9-13)17(19)21-23/h1-6,22-23H,7-9H2,(H2,18,20)(H2,19,21). The molecule has 0 aromatic rings. The second-order valence-corrected chi connectivity index (χ2v) is 5.65. The Kier molecular flexibility index (Phi) is 3.89. The van der Waals surface area contributed by atoms with E-state index in [4.69, 9.17) is 21.9 Å². The zero-order chi connectivity index (χ0) is 16.4. The molecule has 0 aromatic heterocycles. The van der Waals surface area contributed by atoms with E-state index in [1.54, 1.807) is 0 Å². The Balaban J connectivity index is 1.59. The molecule has 3 rings (SSSR count). The summed E-state index contributed by atoms with van der Waals surface area (Å²) in [6.45, 7) is 0. The van der Waals surface area contributed by atoms with E-state index in [2.05, 4.69) is 22.5 Å². The van der Waals surface area contributed by atoms with Crippen molar-refractivity contribution in [1.29, 1.82) is 0 Å². The van der Waals surface area contributed by atoms with Gasteiger partial charge in [-0.3, -0.25) is 0 Å². The van der Waals surface area contributed by atoms with Gasteiger partial charge < -0.3 is 21.9 Å². The maximum Gasteiger partial charge on any atom is 0.166 e. The molecule has 0 unspecified atom stereocenters. The van der Waals surface area contributed by atoms with Crippen LogP contribution >= 0.6 is 0 Å². The molecule has 0 bridgehead atoms. The lowest BCUT2D eigenvalue weighted by Crippen LogP contribution is -2.14. The van der Waals surface area contributed by atoms with E-state index in [0.29, 0.717) is 12.8 Å². The van der Waals surface area contributed by atoms with E-state index < -0.39 is 0 Å². The fourth-order valence-corrected chi connectivity index (χ4v) is 2.94. The highest BCUT2D eigenvalue weighted by Crippen LogP contribution is 2.37. The number of oxime groups is 2. The van der Waals surface area contributed by atoms with Crippen molar-refractivity contribution in [1.82, 2.24) is 0 Å². The van der Waals surface area contributed by atoms with Crippen LogP contribution in [0.3, 0.4) is 0 Å². The van der Waals surface area contributed by atoms with E-state index in [1.807, 2.05) is 24.3 Å². The van der Waals surface area contributed by atoms with Crippen molar-refractivity contribution in [2.45, 2.75) is 19.3 Å². The summed E-state index contributed by atoms with van der Waals surface area (Å²) in [5.74, 6) is 0.322. The summed E-state index contributed by atoms with van der Waals surface area (Å²) in [7, 11) is 0. The third-order valence-electron chi connectivity index (χ3n) is 4.30. The van der Waals surface area contributed by atoms with Crippen LogP contribution in [0.4, 0.5) is 0 Å². The smallest absolute Gasteiger partial charge is 0.166 e. The van der Waals surface area contributed by atoms with Crippen LogP contribution < -0.4 is 11.5 Å². The van der Waals surface area contributed by atoms with Gasteiger partial charge in [0.25, 0.3) is 0 Å². The Bertz CT molecular complexity index is 723. The SMILES string of the molecule is N/C(=N\O)C1=CC=C(C2=CC=C(C3=CC=C(/C(N)=N/O)C3)C2)C1.